The molecule has 0 spiro atoms. The topological polar surface area (TPSA) is 57.0 Å². The van der Waals surface area contributed by atoms with Crippen molar-refractivity contribution in [1.82, 2.24) is 14.8 Å². The molecular formula is C21H22FN3O2. The van der Waals surface area contributed by atoms with Crippen molar-refractivity contribution in [2.24, 2.45) is 7.05 Å². The van der Waals surface area contributed by atoms with Crippen LogP contribution in [-0.2, 0) is 13.5 Å². The molecule has 1 aromatic carbocycles. The van der Waals surface area contributed by atoms with Crippen LogP contribution in [0.25, 0.3) is 10.9 Å². The number of pyridine rings is 1. The lowest BCUT2D eigenvalue weighted by atomic mass is 9.98. The summed E-state index contributed by atoms with van der Waals surface area (Å²) in [5.74, 6) is 0.136. The molecule has 0 saturated heterocycles. The first-order valence-corrected chi connectivity index (χ1v) is 9.37. The number of hydrogen-bond donors (Lipinski definition) is 0. The second-order valence-corrected chi connectivity index (χ2v) is 7.17. The highest BCUT2D eigenvalue weighted by atomic mass is 19.1. The first kappa shape index (κ1) is 17.6. The first-order chi connectivity index (χ1) is 13.1. The van der Waals surface area contributed by atoms with Crippen LogP contribution in [-0.4, -0.2) is 20.9 Å². The third-order valence-electron chi connectivity index (χ3n) is 5.20. The van der Waals surface area contributed by atoms with Crippen molar-refractivity contribution in [3.8, 4) is 5.88 Å². The van der Waals surface area contributed by atoms with E-state index in [-0.39, 0.29) is 17.5 Å². The van der Waals surface area contributed by atoms with Crippen molar-refractivity contribution in [3.63, 3.8) is 0 Å². The minimum Gasteiger partial charge on any atom is -0.472 e. The molecule has 0 radical (unpaired) electrons. The fourth-order valence-electron chi connectivity index (χ4n) is 3.75. The summed E-state index contributed by atoms with van der Waals surface area (Å²) in [6, 6.07) is 8.04. The van der Waals surface area contributed by atoms with Crippen LogP contribution < -0.4 is 10.3 Å². The number of rotatable bonds is 4. The second-order valence-electron chi connectivity index (χ2n) is 7.17. The number of benzene rings is 1. The number of ether oxygens (including phenoxy) is 1. The molecule has 2 aromatic heterocycles. The molecule has 5 nitrogen and oxygen atoms in total. The third kappa shape index (κ3) is 3.70. The van der Waals surface area contributed by atoms with E-state index in [1.165, 1.54) is 18.6 Å². The summed E-state index contributed by atoms with van der Waals surface area (Å²) in [5.41, 5.74) is 2.08. The van der Waals surface area contributed by atoms with Gasteiger partial charge in [0.2, 0.25) is 0 Å². The molecule has 1 aliphatic carbocycles. The molecule has 0 N–H and O–H groups in total. The van der Waals surface area contributed by atoms with Crippen molar-refractivity contribution in [2.75, 3.05) is 0 Å². The van der Waals surface area contributed by atoms with Gasteiger partial charge in [0.25, 0.3) is 11.4 Å². The Labute approximate surface area is 156 Å². The number of halogens is 1. The average molecular weight is 367 g/mol. The van der Waals surface area contributed by atoms with Gasteiger partial charge in [-0.15, -0.1) is 5.10 Å². The van der Waals surface area contributed by atoms with Gasteiger partial charge in [-0.3, -0.25) is 4.79 Å². The SMILES string of the molecule is Cn1c(=O)c(Cc2ccc(F)cc2)cc2cnnc(OC3CCCCC3)c21. The quantitative estimate of drug-likeness (QED) is 0.704. The highest BCUT2D eigenvalue weighted by molar-refractivity contribution is 5.83. The van der Waals surface area contributed by atoms with E-state index in [2.05, 4.69) is 10.2 Å². The van der Waals surface area contributed by atoms with Gasteiger partial charge in [0.15, 0.2) is 0 Å². The number of aromatic nitrogens is 3. The minimum atomic E-state index is -0.287. The summed E-state index contributed by atoms with van der Waals surface area (Å²) in [6.45, 7) is 0. The normalized spacial score (nSPS) is 15.2. The van der Waals surface area contributed by atoms with Gasteiger partial charge in [0.1, 0.15) is 17.4 Å². The molecule has 140 valence electrons. The average Bonchev–Trinajstić information content (AvgIpc) is 2.68. The standard InChI is InChI=1S/C21H22FN3O2/c1-25-19-16(13-23-24-20(19)27-18-5-3-2-4-6-18)12-15(21(25)26)11-14-7-9-17(22)10-8-14/h7-10,12-13,18H,2-6,11H2,1H3. The van der Waals surface area contributed by atoms with E-state index < -0.39 is 0 Å². The molecule has 0 bridgehead atoms. The minimum absolute atomic E-state index is 0.103. The van der Waals surface area contributed by atoms with Crippen LogP contribution in [0, 0.1) is 5.82 Å². The number of aryl methyl sites for hydroxylation is 1. The Hall–Kier alpha value is -2.76. The molecule has 0 atom stereocenters. The molecule has 1 aliphatic rings. The van der Waals surface area contributed by atoms with Gasteiger partial charge < -0.3 is 9.30 Å². The Morgan fingerprint density at radius 1 is 1.19 bits per heavy atom. The first-order valence-electron chi connectivity index (χ1n) is 9.37. The largest absolute Gasteiger partial charge is 0.472 e. The summed E-state index contributed by atoms with van der Waals surface area (Å²) in [5, 5.41) is 9.04. The zero-order chi connectivity index (χ0) is 18.8. The fourth-order valence-corrected chi connectivity index (χ4v) is 3.75. The van der Waals surface area contributed by atoms with Crippen LogP contribution in [0.2, 0.25) is 0 Å². The van der Waals surface area contributed by atoms with Gasteiger partial charge in [-0.2, -0.15) is 5.10 Å². The van der Waals surface area contributed by atoms with Crippen LogP contribution in [0.5, 0.6) is 5.88 Å². The van der Waals surface area contributed by atoms with E-state index in [0.29, 0.717) is 23.4 Å². The van der Waals surface area contributed by atoms with Gasteiger partial charge in [-0.25, -0.2) is 4.39 Å². The molecule has 2 heterocycles. The lowest BCUT2D eigenvalue weighted by molar-refractivity contribution is 0.149. The van der Waals surface area contributed by atoms with E-state index in [0.717, 1.165) is 36.6 Å². The lowest BCUT2D eigenvalue weighted by Crippen LogP contribution is -2.24. The zero-order valence-corrected chi connectivity index (χ0v) is 15.3. The van der Waals surface area contributed by atoms with E-state index in [4.69, 9.17) is 4.74 Å². The van der Waals surface area contributed by atoms with Crippen molar-refractivity contribution < 1.29 is 9.13 Å². The van der Waals surface area contributed by atoms with Gasteiger partial charge in [0.05, 0.1) is 6.20 Å². The number of fused-ring (bicyclic) bond motifs is 1. The Kier molecular flexibility index (Phi) is 4.88. The van der Waals surface area contributed by atoms with Crippen LogP contribution in [0.15, 0.2) is 41.3 Å². The molecule has 1 fully saturated rings. The fraction of sp³-hybridized carbons (Fsp3) is 0.381. The van der Waals surface area contributed by atoms with Crippen LogP contribution in [0.1, 0.15) is 43.2 Å². The Balaban J connectivity index is 1.71. The van der Waals surface area contributed by atoms with E-state index in [1.807, 2.05) is 6.07 Å². The number of nitrogens with zero attached hydrogens (tertiary/aromatic N) is 3. The molecule has 0 aliphatic heterocycles. The summed E-state index contributed by atoms with van der Waals surface area (Å²) in [4.78, 5) is 12.9. The van der Waals surface area contributed by atoms with Crippen molar-refractivity contribution in [1.29, 1.82) is 0 Å². The van der Waals surface area contributed by atoms with Crippen LogP contribution >= 0.6 is 0 Å². The predicted octanol–water partition coefficient (Wildman–Crippen LogP) is 3.77. The summed E-state index contributed by atoms with van der Waals surface area (Å²) < 4.78 is 20.8. The summed E-state index contributed by atoms with van der Waals surface area (Å²) in [7, 11) is 1.73. The molecule has 0 amide bonds. The monoisotopic (exact) mass is 367 g/mol. The number of hydrogen-bond acceptors (Lipinski definition) is 4. The third-order valence-corrected chi connectivity index (χ3v) is 5.20. The Morgan fingerprint density at radius 2 is 1.93 bits per heavy atom. The maximum Gasteiger partial charge on any atom is 0.258 e. The molecular weight excluding hydrogens is 345 g/mol. The van der Waals surface area contributed by atoms with Crippen molar-refractivity contribution >= 4 is 10.9 Å². The van der Waals surface area contributed by atoms with E-state index in [1.54, 1.807) is 29.9 Å². The molecule has 1 saturated carbocycles. The highest BCUT2D eigenvalue weighted by Crippen LogP contribution is 2.27. The Bertz CT molecular complexity index is 1010. The predicted molar refractivity (Wildman–Crippen MR) is 101 cm³/mol. The zero-order valence-electron chi connectivity index (χ0n) is 15.3. The van der Waals surface area contributed by atoms with Gasteiger partial charge >= 0.3 is 0 Å². The highest BCUT2D eigenvalue weighted by Gasteiger charge is 2.19. The maximum atomic E-state index is 13.1. The van der Waals surface area contributed by atoms with Crippen LogP contribution in [0.3, 0.4) is 0 Å². The van der Waals surface area contributed by atoms with Gasteiger partial charge in [-0.05, 0) is 49.4 Å². The summed E-state index contributed by atoms with van der Waals surface area (Å²) >= 11 is 0. The smallest absolute Gasteiger partial charge is 0.258 e. The Morgan fingerprint density at radius 3 is 2.67 bits per heavy atom. The van der Waals surface area contributed by atoms with Crippen molar-refractivity contribution in [3.05, 3.63) is 63.8 Å². The lowest BCUT2D eigenvalue weighted by Gasteiger charge is -2.23. The van der Waals surface area contributed by atoms with Crippen LogP contribution in [0.4, 0.5) is 4.39 Å². The molecule has 27 heavy (non-hydrogen) atoms. The van der Waals surface area contributed by atoms with Gasteiger partial charge in [0, 0.05) is 24.4 Å². The van der Waals surface area contributed by atoms with Crippen molar-refractivity contribution in [2.45, 2.75) is 44.6 Å². The second kappa shape index (κ2) is 7.47. The van der Waals surface area contributed by atoms with E-state index >= 15 is 0 Å². The maximum absolute atomic E-state index is 13.1. The molecule has 3 aromatic rings. The molecule has 6 heteroatoms. The van der Waals surface area contributed by atoms with E-state index in [9.17, 15) is 9.18 Å². The molecule has 4 rings (SSSR count). The molecule has 0 unspecified atom stereocenters. The van der Waals surface area contributed by atoms with Gasteiger partial charge in [-0.1, -0.05) is 18.6 Å². The summed E-state index contributed by atoms with van der Waals surface area (Å²) in [6.07, 6.45) is 7.79.